The van der Waals surface area contributed by atoms with Crippen LogP contribution < -0.4 is 0 Å². The Morgan fingerprint density at radius 1 is 1.00 bits per heavy atom. The molecule has 0 aromatic heterocycles. The Morgan fingerprint density at radius 3 is 2.00 bits per heavy atom. The van der Waals surface area contributed by atoms with E-state index in [1.807, 2.05) is 13.8 Å². The van der Waals surface area contributed by atoms with Gasteiger partial charge < -0.3 is 18.5 Å². The van der Waals surface area contributed by atoms with Crippen molar-refractivity contribution in [3.8, 4) is 0 Å². The van der Waals surface area contributed by atoms with Crippen molar-refractivity contribution in [2.45, 2.75) is 27.7 Å². The van der Waals surface area contributed by atoms with Crippen LogP contribution in [0.3, 0.4) is 0 Å². The van der Waals surface area contributed by atoms with E-state index in [1.54, 1.807) is 13.8 Å². The molecule has 0 aliphatic carbocycles. The van der Waals surface area contributed by atoms with Crippen molar-refractivity contribution in [3.05, 3.63) is 11.6 Å². The van der Waals surface area contributed by atoms with E-state index in [4.69, 9.17) is 18.5 Å². The predicted octanol–water partition coefficient (Wildman–Crippen LogP) is 3.17. The van der Waals surface area contributed by atoms with Gasteiger partial charge in [-0.05, 0) is 27.7 Å². The Balaban J connectivity index is 4.73. The van der Waals surface area contributed by atoms with Crippen LogP contribution in [-0.4, -0.2) is 33.0 Å². The molecule has 0 aromatic carbocycles. The third kappa shape index (κ3) is 7.55. The Bertz CT molecular complexity index is 255. The van der Waals surface area contributed by atoms with Gasteiger partial charge in [0.2, 0.25) is 0 Å². The first-order chi connectivity index (χ1) is 8.11. The van der Waals surface area contributed by atoms with Gasteiger partial charge in [-0.1, -0.05) is 0 Å². The van der Waals surface area contributed by atoms with Crippen LogP contribution in [0.1, 0.15) is 27.7 Å². The largest absolute Gasteiger partial charge is 0.495 e. The Kier molecular flexibility index (Phi) is 9.46. The van der Waals surface area contributed by atoms with Gasteiger partial charge >= 0.3 is 7.60 Å². The molecule has 0 fully saturated rings. The van der Waals surface area contributed by atoms with E-state index < -0.39 is 7.60 Å². The molecule has 0 N–H and O–H groups in total. The fourth-order valence-corrected chi connectivity index (χ4v) is 2.60. The maximum absolute atomic E-state index is 12.2. The monoisotopic (exact) mass is 266 g/mol. The fraction of sp³-hybridized carbons (Fsp3) is 0.818. The summed E-state index contributed by atoms with van der Waals surface area (Å²) in [6.45, 7) is 9.23. The van der Waals surface area contributed by atoms with Crippen LogP contribution in [0, 0.1) is 0 Å². The quantitative estimate of drug-likeness (QED) is 0.449. The Hall–Kier alpha value is -0.350. The molecule has 6 heteroatoms. The predicted molar refractivity (Wildman–Crippen MR) is 67.1 cm³/mol. The zero-order valence-electron chi connectivity index (χ0n) is 11.1. The lowest BCUT2D eigenvalue weighted by Gasteiger charge is -2.15. The van der Waals surface area contributed by atoms with Crippen molar-refractivity contribution in [1.82, 2.24) is 0 Å². The van der Waals surface area contributed by atoms with E-state index in [9.17, 15) is 4.57 Å². The summed E-state index contributed by atoms with van der Waals surface area (Å²) in [7, 11) is -3.21. The molecule has 0 amide bonds. The first kappa shape index (κ1) is 16.6. The normalized spacial score (nSPS) is 12.8. The molecular formula is C11H23O5P. The summed E-state index contributed by atoms with van der Waals surface area (Å²) in [4.78, 5) is 0. The highest BCUT2D eigenvalue weighted by molar-refractivity contribution is 7.57. The van der Waals surface area contributed by atoms with Gasteiger partial charge in [-0.2, -0.15) is 0 Å². The zero-order valence-corrected chi connectivity index (χ0v) is 12.0. The van der Waals surface area contributed by atoms with E-state index in [2.05, 4.69) is 0 Å². The molecule has 0 atom stereocenters. The molecule has 5 nitrogen and oxygen atoms in total. The zero-order chi connectivity index (χ0) is 13.1. The Morgan fingerprint density at radius 2 is 1.59 bits per heavy atom. The van der Waals surface area contributed by atoms with Gasteiger partial charge in [0.15, 0.2) is 0 Å². The molecule has 0 rings (SSSR count). The van der Waals surface area contributed by atoms with Crippen LogP contribution in [0.15, 0.2) is 11.6 Å². The number of rotatable bonds is 10. The maximum Gasteiger partial charge on any atom is 0.357 e. The molecule has 102 valence electrons. The van der Waals surface area contributed by atoms with Gasteiger partial charge in [-0.15, -0.1) is 0 Å². The molecule has 0 saturated carbocycles. The van der Waals surface area contributed by atoms with Crippen LogP contribution in [-0.2, 0) is 23.1 Å². The van der Waals surface area contributed by atoms with Crippen molar-refractivity contribution >= 4 is 7.60 Å². The van der Waals surface area contributed by atoms with Crippen LogP contribution in [0.25, 0.3) is 0 Å². The molecule has 0 saturated heterocycles. The van der Waals surface area contributed by atoms with Gasteiger partial charge in [0.05, 0.1) is 25.6 Å². The average Bonchev–Trinajstić information content (AvgIpc) is 2.26. The summed E-state index contributed by atoms with van der Waals surface area (Å²) < 4.78 is 33.1. The summed E-state index contributed by atoms with van der Waals surface area (Å²) in [5.41, 5.74) is 0. The second-order valence-electron chi connectivity index (χ2n) is 3.04. The third-order valence-electron chi connectivity index (χ3n) is 1.70. The van der Waals surface area contributed by atoms with Gasteiger partial charge in [0.1, 0.15) is 12.4 Å². The number of hydrogen-bond acceptors (Lipinski definition) is 5. The van der Waals surface area contributed by atoms with Crippen molar-refractivity contribution in [3.63, 3.8) is 0 Å². The van der Waals surface area contributed by atoms with E-state index in [0.29, 0.717) is 32.2 Å². The minimum absolute atomic E-state index is 0.272. The topological polar surface area (TPSA) is 54.0 Å². The van der Waals surface area contributed by atoms with Crippen LogP contribution >= 0.6 is 7.60 Å². The molecule has 0 aliphatic heterocycles. The fourth-order valence-electron chi connectivity index (χ4n) is 1.15. The summed E-state index contributed by atoms with van der Waals surface area (Å²) in [6, 6.07) is 0. The molecule has 0 aliphatic rings. The van der Waals surface area contributed by atoms with Crippen LogP contribution in [0.5, 0.6) is 0 Å². The lowest BCUT2D eigenvalue weighted by molar-refractivity contribution is 0.109. The summed E-state index contributed by atoms with van der Waals surface area (Å²) >= 11 is 0. The summed E-state index contributed by atoms with van der Waals surface area (Å²) in [5, 5.41) is 0. The van der Waals surface area contributed by atoms with Crippen molar-refractivity contribution in [2.24, 2.45) is 0 Å². The highest BCUT2D eigenvalue weighted by Gasteiger charge is 2.22. The van der Waals surface area contributed by atoms with Crippen molar-refractivity contribution in [1.29, 1.82) is 0 Å². The van der Waals surface area contributed by atoms with E-state index in [-0.39, 0.29) is 6.61 Å². The Labute approximate surface area is 104 Å². The second-order valence-corrected chi connectivity index (χ2v) is 4.90. The molecule has 0 radical (unpaired) electrons. The summed E-state index contributed by atoms with van der Waals surface area (Å²) in [5.74, 6) is 1.89. The molecule has 0 spiro atoms. The maximum atomic E-state index is 12.2. The molecule has 0 heterocycles. The molecule has 17 heavy (non-hydrogen) atoms. The molecular weight excluding hydrogens is 243 g/mol. The van der Waals surface area contributed by atoms with E-state index in [1.165, 1.54) is 5.82 Å². The molecule has 0 aromatic rings. The van der Waals surface area contributed by atoms with Gasteiger partial charge in [-0.25, -0.2) is 0 Å². The minimum atomic E-state index is -3.21. The van der Waals surface area contributed by atoms with E-state index >= 15 is 0 Å². The minimum Gasteiger partial charge on any atom is -0.495 e. The molecule has 0 unspecified atom stereocenters. The standard InChI is InChI=1S/C11H23O5P/c1-5-13-9-11(14-6-2)10-17(12,15-7-3)16-8-4/h10H,5-9H2,1-4H3. The van der Waals surface area contributed by atoms with E-state index in [0.717, 1.165) is 0 Å². The van der Waals surface area contributed by atoms with Crippen molar-refractivity contribution < 1.29 is 23.1 Å². The average molecular weight is 266 g/mol. The second kappa shape index (κ2) is 9.66. The highest BCUT2D eigenvalue weighted by atomic mass is 31.2. The third-order valence-corrected chi connectivity index (χ3v) is 3.54. The first-order valence-corrected chi connectivity index (χ1v) is 7.54. The highest BCUT2D eigenvalue weighted by Crippen LogP contribution is 2.50. The van der Waals surface area contributed by atoms with Crippen molar-refractivity contribution in [2.75, 3.05) is 33.0 Å². The van der Waals surface area contributed by atoms with Gasteiger partial charge in [0.25, 0.3) is 0 Å². The smallest absolute Gasteiger partial charge is 0.357 e. The first-order valence-electron chi connectivity index (χ1n) is 5.92. The van der Waals surface area contributed by atoms with Gasteiger partial charge in [0, 0.05) is 6.61 Å². The lowest BCUT2D eigenvalue weighted by Crippen LogP contribution is -2.04. The number of ether oxygens (including phenoxy) is 2. The van der Waals surface area contributed by atoms with Gasteiger partial charge in [-0.3, -0.25) is 4.57 Å². The van der Waals surface area contributed by atoms with Crippen LogP contribution in [0.4, 0.5) is 0 Å². The number of hydrogen-bond donors (Lipinski definition) is 0. The summed E-state index contributed by atoms with van der Waals surface area (Å²) in [6.07, 6.45) is 0. The van der Waals surface area contributed by atoms with Crippen LogP contribution in [0.2, 0.25) is 0 Å². The lowest BCUT2D eigenvalue weighted by atomic mass is 10.6. The molecule has 0 bridgehead atoms. The SMILES string of the molecule is CCOCC(=CP(=O)(OCC)OCC)OCC.